The first-order valence-corrected chi connectivity index (χ1v) is 12.7. The van der Waals surface area contributed by atoms with Gasteiger partial charge in [-0.25, -0.2) is 13.4 Å². The summed E-state index contributed by atoms with van der Waals surface area (Å²) in [5.74, 6) is 0.0550. The Morgan fingerprint density at radius 2 is 2.07 bits per heavy atom. The zero-order valence-corrected chi connectivity index (χ0v) is 19.1. The average molecular weight is 470 g/mol. The highest BCUT2D eigenvalue weighted by molar-refractivity contribution is 7.91. The number of hydrogen-bond donors (Lipinski definition) is 1. The van der Waals surface area contributed by atoms with Crippen LogP contribution in [-0.2, 0) is 14.8 Å². The Bertz CT molecular complexity index is 1170. The molecular formula is C19H20ClN3O3S3. The SMILES string of the molecule is CC(C)c1ccc2nc(NC(=O)C3CCCN3S(=O)(=O)c3ccc(Cl)s3)sc2c1. The lowest BCUT2D eigenvalue weighted by molar-refractivity contribution is -0.119. The zero-order chi connectivity index (χ0) is 20.8. The van der Waals surface area contributed by atoms with E-state index in [1.807, 2.05) is 12.1 Å². The number of anilines is 1. The van der Waals surface area contributed by atoms with Gasteiger partial charge in [0.2, 0.25) is 5.91 Å². The van der Waals surface area contributed by atoms with Gasteiger partial charge in [0.25, 0.3) is 10.0 Å². The highest BCUT2D eigenvalue weighted by Crippen LogP contribution is 2.33. The van der Waals surface area contributed by atoms with Crippen molar-refractivity contribution in [1.29, 1.82) is 0 Å². The van der Waals surface area contributed by atoms with Crippen LogP contribution in [0.5, 0.6) is 0 Å². The van der Waals surface area contributed by atoms with Crippen molar-refractivity contribution in [2.45, 2.75) is 42.9 Å². The van der Waals surface area contributed by atoms with E-state index in [0.29, 0.717) is 34.8 Å². The van der Waals surface area contributed by atoms with Gasteiger partial charge in [0.1, 0.15) is 10.3 Å². The summed E-state index contributed by atoms with van der Waals surface area (Å²) in [6.07, 6.45) is 1.11. The molecule has 154 valence electrons. The molecule has 6 nitrogen and oxygen atoms in total. The Hall–Kier alpha value is -1.52. The van der Waals surface area contributed by atoms with Gasteiger partial charge in [0, 0.05) is 6.54 Å². The van der Waals surface area contributed by atoms with Crippen molar-refractivity contribution in [3.63, 3.8) is 0 Å². The third-order valence-electron chi connectivity index (χ3n) is 4.93. The molecule has 0 spiro atoms. The van der Waals surface area contributed by atoms with Gasteiger partial charge in [-0.3, -0.25) is 4.79 Å². The molecule has 2 aromatic heterocycles. The van der Waals surface area contributed by atoms with Gasteiger partial charge in [0.15, 0.2) is 5.13 Å². The number of halogens is 1. The zero-order valence-electron chi connectivity index (χ0n) is 15.9. The van der Waals surface area contributed by atoms with Crippen molar-refractivity contribution in [2.24, 2.45) is 0 Å². The van der Waals surface area contributed by atoms with Crippen LogP contribution in [0.3, 0.4) is 0 Å². The summed E-state index contributed by atoms with van der Waals surface area (Å²) < 4.78 is 28.7. The number of thiophene rings is 1. The average Bonchev–Trinajstić information content (AvgIpc) is 3.39. The van der Waals surface area contributed by atoms with Crippen LogP contribution < -0.4 is 5.32 Å². The summed E-state index contributed by atoms with van der Waals surface area (Å²) in [6.45, 7) is 4.56. The Labute approximate surface area is 182 Å². The maximum Gasteiger partial charge on any atom is 0.253 e. The smallest absolute Gasteiger partial charge is 0.253 e. The van der Waals surface area contributed by atoms with Gasteiger partial charge in [0.05, 0.1) is 14.6 Å². The maximum absolute atomic E-state index is 12.9. The van der Waals surface area contributed by atoms with Crippen molar-refractivity contribution in [2.75, 3.05) is 11.9 Å². The number of benzene rings is 1. The Kier molecular flexibility index (Phi) is 5.69. The summed E-state index contributed by atoms with van der Waals surface area (Å²) in [4.78, 5) is 17.4. The van der Waals surface area contributed by atoms with Crippen LogP contribution in [0.2, 0.25) is 4.34 Å². The van der Waals surface area contributed by atoms with Crippen molar-refractivity contribution in [1.82, 2.24) is 9.29 Å². The van der Waals surface area contributed by atoms with Crippen LogP contribution in [-0.4, -0.2) is 36.2 Å². The molecule has 1 amide bonds. The fraction of sp³-hybridized carbons (Fsp3) is 0.368. The van der Waals surface area contributed by atoms with Gasteiger partial charge < -0.3 is 5.32 Å². The molecule has 10 heteroatoms. The van der Waals surface area contributed by atoms with Crippen LogP contribution >= 0.6 is 34.3 Å². The van der Waals surface area contributed by atoms with Crippen molar-refractivity contribution < 1.29 is 13.2 Å². The quantitative estimate of drug-likeness (QED) is 0.574. The minimum atomic E-state index is -3.75. The molecule has 1 fully saturated rings. The summed E-state index contributed by atoms with van der Waals surface area (Å²) in [5, 5.41) is 3.30. The molecule has 1 N–H and O–H groups in total. The number of carbonyl (C=O) groups excluding carboxylic acids is 1. The minimum Gasteiger partial charge on any atom is -0.301 e. The van der Waals surface area contributed by atoms with E-state index in [1.165, 1.54) is 27.3 Å². The van der Waals surface area contributed by atoms with Crippen LogP contribution in [0.15, 0.2) is 34.5 Å². The molecule has 29 heavy (non-hydrogen) atoms. The lowest BCUT2D eigenvalue weighted by Crippen LogP contribution is -2.42. The molecule has 1 atom stereocenters. The number of aromatic nitrogens is 1. The van der Waals surface area contributed by atoms with Gasteiger partial charge in [-0.05, 0) is 48.6 Å². The number of fused-ring (bicyclic) bond motifs is 1. The van der Waals surface area contributed by atoms with Gasteiger partial charge in [-0.2, -0.15) is 4.31 Å². The number of thiazole rings is 1. The van der Waals surface area contributed by atoms with E-state index < -0.39 is 16.1 Å². The van der Waals surface area contributed by atoms with Crippen LogP contribution in [0.4, 0.5) is 5.13 Å². The fourth-order valence-electron chi connectivity index (χ4n) is 3.38. The second-order valence-electron chi connectivity index (χ2n) is 7.22. The monoisotopic (exact) mass is 469 g/mol. The largest absolute Gasteiger partial charge is 0.301 e. The Balaban J connectivity index is 1.55. The van der Waals surface area contributed by atoms with E-state index >= 15 is 0 Å². The topological polar surface area (TPSA) is 79.4 Å². The lowest BCUT2D eigenvalue weighted by atomic mass is 10.0. The summed E-state index contributed by atoms with van der Waals surface area (Å²) in [6, 6.07) is 8.35. The summed E-state index contributed by atoms with van der Waals surface area (Å²) in [5.41, 5.74) is 2.03. The molecule has 1 saturated heterocycles. The minimum absolute atomic E-state index is 0.156. The van der Waals surface area contributed by atoms with Gasteiger partial charge >= 0.3 is 0 Å². The number of carbonyl (C=O) groups is 1. The molecule has 3 heterocycles. The van der Waals surface area contributed by atoms with Crippen molar-refractivity contribution in [3.05, 3.63) is 40.2 Å². The molecule has 1 aliphatic rings. The normalized spacial score (nSPS) is 18.0. The number of rotatable bonds is 5. The highest BCUT2D eigenvalue weighted by atomic mass is 35.5. The first-order valence-electron chi connectivity index (χ1n) is 9.24. The molecule has 0 bridgehead atoms. The molecule has 4 rings (SSSR count). The highest BCUT2D eigenvalue weighted by Gasteiger charge is 2.40. The van der Waals surface area contributed by atoms with E-state index in [1.54, 1.807) is 6.07 Å². The number of sulfonamides is 1. The summed E-state index contributed by atoms with van der Waals surface area (Å²) in [7, 11) is -3.75. The van der Waals surface area contributed by atoms with E-state index in [9.17, 15) is 13.2 Å². The van der Waals surface area contributed by atoms with E-state index in [2.05, 4.69) is 30.2 Å². The van der Waals surface area contributed by atoms with Gasteiger partial charge in [-0.15, -0.1) is 11.3 Å². The molecule has 0 aliphatic carbocycles. The van der Waals surface area contributed by atoms with Crippen LogP contribution in [0.1, 0.15) is 38.2 Å². The van der Waals surface area contributed by atoms with Crippen molar-refractivity contribution in [3.8, 4) is 0 Å². The van der Waals surface area contributed by atoms with Crippen LogP contribution in [0, 0.1) is 0 Å². The third kappa shape index (κ3) is 4.06. The second-order valence-corrected chi connectivity index (χ2v) is 12.1. The van der Waals surface area contributed by atoms with E-state index in [0.717, 1.165) is 21.6 Å². The molecule has 0 saturated carbocycles. The predicted octanol–water partition coefficient (Wildman–Crippen LogP) is 4.93. The molecule has 1 unspecified atom stereocenters. The standard InChI is InChI=1S/C19H20ClN3O3S3/c1-11(2)12-5-6-13-15(10-12)27-19(21-13)22-18(24)14-4-3-9-23(14)29(25,26)17-8-7-16(20)28-17/h5-8,10-11,14H,3-4,9H2,1-2H3,(H,21,22,24). The van der Waals surface area contributed by atoms with Crippen LogP contribution in [0.25, 0.3) is 10.2 Å². The maximum atomic E-state index is 12.9. The first kappa shape index (κ1) is 20.7. The third-order valence-corrected chi connectivity index (χ3v) is 9.47. The molecule has 0 radical (unpaired) electrons. The lowest BCUT2D eigenvalue weighted by Gasteiger charge is -2.22. The number of hydrogen-bond acceptors (Lipinski definition) is 6. The molecule has 1 aromatic carbocycles. The Morgan fingerprint density at radius 3 is 2.76 bits per heavy atom. The Morgan fingerprint density at radius 1 is 1.28 bits per heavy atom. The van der Waals surface area contributed by atoms with Crippen molar-refractivity contribution >= 4 is 65.6 Å². The van der Waals surface area contributed by atoms with E-state index in [4.69, 9.17) is 11.6 Å². The predicted molar refractivity (Wildman–Crippen MR) is 119 cm³/mol. The molecular weight excluding hydrogens is 450 g/mol. The number of amides is 1. The molecule has 1 aliphatic heterocycles. The molecule has 3 aromatic rings. The fourth-order valence-corrected chi connectivity index (χ4v) is 7.57. The number of nitrogens with one attached hydrogen (secondary N) is 1. The second kappa shape index (κ2) is 7.96. The van der Waals surface area contributed by atoms with Gasteiger partial charge in [-0.1, -0.05) is 42.9 Å². The first-order chi connectivity index (χ1) is 13.8. The van der Waals surface area contributed by atoms with E-state index in [-0.39, 0.29) is 10.1 Å². The number of nitrogens with zero attached hydrogens (tertiary/aromatic N) is 2. The summed E-state index contributed by atoms with van der Waals surface area (Å²) >= 11 is 8.30.